The van der Waals surface area contributed by atoms with Crippen molar-refractivity contribution in [2.45, 2.75) is 19.0 Å². The Morgan fingerprint density at radius 2 is 2.10 bits per heavy atom. The molecule has 5 rings (SSSR count). The zero-order valence-corrected chi connectivity index (χ0v) is 16.2. The van der Waals surface area contributed by atoms with Gasteiger partial charge in [0.2, 0.25) is 5.95 Å². The first kappa shape index (κ1) is 17.9. The number of nitrogens with two attached hydrogens (primary N) is 1. The number of nitrogen functional groups attached to an aromatic ring is 1. The second-order valence-corrected chi connectivity index (χ2v) is 7.43. The second-order valence-electron chi connectivity index (χ2n) is 7.43. The molecule has 1 atom stereocenters. The molecule has 0 aliphatic carbocycles. The van der Waals surface area contributed by atoms with Crippen LogP contribution in [0.25, 0.3) is 11.0 Å². The van der Waals surface area contributed by atoms with Crippen LogP contribution in [0.4, 0.5) is 17.5 Å². The van der Waals surface area contributed by atoms with Crippen molar-refractivity contribution in [2.24, 2.45) is 0 Å². The quantitative estimate of drug-likeness (QED) is 0.485. The van der Waals surface area contributed by atoms with Crippen molar-refractivity contribution in [2.75, 3.05) is 22.5 Å². The topological polar surface area (TPSA) is 120 Å². The van der Waals surface area contributed by atoms with Gasteiger partial charge < -0.3 is 16.0 Å². The maximum Gasteiger partial charge on any atom is 0.224 e. The van der Waals surface area contributed by atoms with E-state index in [1.54, 1.807) is 6.20 Å². The monoisotopic (exact) mass is 396 g/mol. The lowest BCUT2D eigenvalue weighted by atomic mass is 9.97. The number of H-pyrrole nitrogens is 1. The molecule has 2 aromatic carbocycles. The van der Waals surface area contributed by atoms with Gasteiger partial charge in [0.15, 0.2) is 5.65 Å². The molecule has 8 nitrogen and oxygen atoms in total. The van der Waals surface area contributed by atoms with Crippen LogP contribution in [0.2, 0.25) is 0 Å². The highest BCUT2D eigenvalue weighted by Crippen LogP contribution is 2.30. The molecule has 0 spiro atoms. The molecule has 4 N–H and O–H groups in total. The summed E-state index contributed by atoms with van der Waals surface area (Å²) < 4.78 is 0. The Kier molecular flexibility index (Phi) is 4.41. The lowest BCUT2D eigenvalue weighted by Gasteiger charge is -2.37. The van der Waals surface area contributed by atoms with Crippen molar-refractivity contribution in [1.29, 1.82) is 5.26 Å². The molecule has 148 valence electrons. The minimum atomic E-state index is 0.131. The number of nitrogens with one attached hydrogen (secondary N) is 2. The smallest absolute Gasteiger partial charge is 0.224 e. The third-order valence-electron chi connectivity index (χ3n) is 5.34. The number of hydrogen-bond donors (Lipinski definition) is 3. The molecule has 2 aromatic heterocycles. The summed E-state index contributed by atoms with van der Waals surface area (Å²) in [4.78, 5) is 10.9. The first-order valence-electron chi connectivity index (χ1n) is 9.74. The number of para-hydroxylation sites is 1. The largest absolute Gasteiger partial charge is 0.368 e. The Balaban J connectivity index is 1.45. The molecule has 30 heavy (non-hydrogen) atoms. The van der Waals surface area contributed by atoms with Gasteiger partial charge in [-0.25, -0.2) is 0 Å². The summed E-state index contributed by atoms with van der Waals surface area (Å²) in [5, 5.41) is 20.5. The van der Waals surface area contributed by atoms with E-state index in [-0.39, 0.29) is 12.0 Å². The van der Waals surface area contributed by atoms with Crippen molar-refractivity contribution in [1.82, 2.24) is 20.2 Å². The number of rotatable bonds is 4. The maximum atomic E-state index is 9.22. The minimum absolute atomic E-state index is 0.131. The fourth-order valence-corrected chi connectivity index (χ4v) is 4.05. The predicted octanol–water partition coefficient (Wildman–Crippen LogP) is 2.85. The first-order valence-corrected chi connectivity index (χ1v) is 9.74. The van der Waals surface area contributed by atoms with Crippen LogP contribution in [0.5, 0.6) is 0 Å². The lowest BCUT2D eigenvalue weighted by Crippen LogP contribution is -2.42. The number of anilines is 3. The van der Waals surface area contributed by atoms with Gasteiger partial charge in [-0.05, 0) is 35.7 Å². The van der Waals surface area contributed by atoms with E-state index in [9.17, 15) is 5.26 Å². The average Bonchev–Trinajstić information content (AvgIpc) is 3.22. The Bertz CT molecular complexity index is 1260. The highest BCUT2D eigenvalue weighted by Gasteiger charge is 2.25. The molecule has 1 aliphatic heterocycles. The van der Waals surface area contributed by atoms with Gasteiger partial charge in [0.25, 0.3) is 0 Å². The van der Waals surface area contributed by atoms with Crippen LogP contribution in [0.15, 0.2) is 54.7 Å². The summed E-state index contributed by atoms with van der Waals surface area (Å²) in [5.74, 6) is 0.887. The molecule has 0 bridgehead atoms. The Hall–Kier alpha value is -4.12. The number of benzene rings is 2. The first-order chi connectivity index (χ1) is 14.7. The van der Waals surface area contributed by atoms with Crippen LogP contribution >= 0.6 is 0 Å². The number of nitrogens with zero attached hydrogens (tertiary/aromatic N) is 5. The second kappa shape index (κ2) is 7.37. The van der Waals surface area contributed by atoms with E-state index in [0.29, 0.717) is 17.0 Å². The van der Waals surface area contributed by atoms with Gasteiger partial charge in [-0.3, -0.25) is 5.10 Å². The molecule has 8 heteroatoms. The van der Waals surface area contributed by atoms with Crippen LogP contribution in [0.1, 0.15) is 16.7 Å². The van der Waals surface area contributed by atoms with E-state index in [0.717, 1.165) is 30.5 Å². The van der Waals surface area contributed by atoms with E-state index >= 15 is 0 Å². The van der Waals surface area contributed by atoms with Gasteiger partial charge in [0.1, 0.15) is 5.82 Å². The van der Waals surface area contributed by atoms with Crippen molar-refractivity contribution < 1.29 is 0 Å². The van der Waals surface area contributed by atoms with Crippen LogP contribution in [-0.2, 0) is 13.0 Å². The summed E-state index contributed by atoms with van der Waals surface area (Å²) in [5.41, 5.74) is 10.8. The molecular weight excluding hydrogens is 376 g/mol. The molecule has 1 unspecified atom stereocenters. The van der Waals surface area contributed by atoms with E-state index in [1.165, 1.54) is 11.3 Å². The summed E-state index contributed by atoms with van der Waals surface area (Å²) in [7, 11) is 0. The highest BCUT2D eigenvalue weighted by atomic mass is 15.2. The van der Waals surface area contributed by atoms with E-state index in [4.69, 9.17) is 5.73 Å². The molecule has 4 aromatic rings. The van der Waals surface area contributed by atoms with Crippen molar-refractivity contribution in [3.8, 4) is 6.07 Å². The number of aromatic amines is 1. The van der Waals surface area contributed by atoms with Crippen molar-refractivity contribution >= 4 is 28.5 Å². The number of aromatic nitrogens is 4. The average molecular weight is 396 g/mol. The van der Waals surface area contributed by atoms with Gasteiger partial charge in [-0.15, -0.1) is 0 Å². The van der Waals surface area contributed by atoms with E-state index in [1.807, 2.05) is 18.2 Å². The Morgan fingerprint density at radius 3 is 3.00 bits per heavy atom. The van der Waals surface area contributed by atoms with E-state index < -0.39 is 0 Å². The third-order valence-corrected chi connectivity index (χ3v) is 5.34. The molecule has 0 saturated carbocycles. The summed E-state index contributed by atoms with van der Waals surface area (Å²) >= 11 is 0. The molecular formula is C22H20N8. The number of hydrogen-bond acceptors (Lipinski definition) is 7. The lowest BCUT2D eigenvalue weighted by molar-refractivity contribution is 0.628. The van der Waals surface area contributed by atoms with Crippen molar-refractivity contribution in [3.05, 3.63) is 71.4 Å². The zero-order valence-electron chi connectivity index (χ0n) is 16.2. The Morgan fingerprint density at radius 1 is 1.20 bits per heavy atom. The highest BCUT2D eigenvalue weighted by molar-refractivity contribution is 5.87. The predicted molar refractivity (Wildman–Crippen MR) is 116 cm³/mol. The van der Waals surface area contributed by atoms with Gasteiger partial charge in [0.05, 0.1) is 23.2 Å². The third kappa shape index (κ3) is 3.37. The fourth-order valence-electron chi connectivity index (χ4n) is 4.05. The number of fused-ring (bicyclic) bond motifs is 2. The summed E-state index contributed by atoms with van der Waals surface area (Å²) in [6, 6.07) is 18.5. The molecule has 0 amide bonds. The summed E-state index contributed by atoms with van der Waals surface area (Å²) in [6.45, 7) is 1.51. The maximum absolute atomic E-state index is 9.22. The zero-order chi connectivity index (χ0) is 20.5. The Labute approximate surface area is 173 Å². The van der Waals surface area contributed by atoms with Crippen LogP contribution in [0, 0.1) is 11.3 Å². The van der Waals surface area contributed by atoms with Crippen LogP contribution < -0.4 is 16.0 Å². The van der Waals surface area contributed by atoms with Gasteiger partial charge >= 0.3 is 0 Å². The standard InChI is InChI=1S/C22H20N8/c23-10-14-4-3-5-15(8-14)12-30-13-17(9-16-6-1-2-7-19(16)30)26-20-18-11-25-29-21(18)28-22(24)27-20/h1-8,11,17H,9,12-13H2,(H4,24,25,26,27,28,29). The SMILES string of the molecule is N#Cc1cccc(CN2CC(Nc3nc(N)nc4[nH]ncc34)Cc3ccccc32)c1. The van der Waals surface area contributed by atoms with Gasteiger partial charge in [-0.1, -0.05) is 30.3 Å². The molecule has 1 aliphatic rings. The molecule has 0 fully saturated rings. The molecule has 0 saturated heterocycles. The normalized spacial score (nSPS) is 15.6. The van der Waals surface area contributed by atoms with Crippen molar-refractivity contribution in [3.63, 3.8) is 0 Å². The number of nitriles is 1. The molecule has 0 radical (unpaired) electrons. The van der Waals surface area contributed by atoms with E-state index in [2.05, 4.69) is 66.8 Å². The molecule has 3 heterocycles. The van der Waals surface area contributed by atoms with Gasteiger partial charge in [0, 0.05) is 24.8 Å². The summed E-state index contributed by atoms with van der Waals surface area (Å²) in [6.07, 6.45) is 2.58. The minimum Gasteiger partial charge on any atom is -0.368 e. The van der Waals surface area contributed by atoms with Gasteiger partial charge in [-0.2, -0.15) is 20.3 Å². The fraction of sp³-hybridized carbons (Fsp3) is 0.182. The van der Waals surface area contributed by atoms with Crippen LogP contribution in [0.3, 0.4) is 0 Å². The van der Waals surface area contributed by atoms with Crippen LogP contribution in [-0.4, -0.2) is 32.8 Å².